The fraction of sp³-hybridized carbons (Fsp3) is 0.455. The smallest absolute Gasteiger partial charge is 0.197 e. The molecule has 7 heteroatoms. The number of aromatic nitrogens is 5. The second-order valence-electron chi connectivity index (χ2n) is 4.24. The summed E-state index contributed by atoms with van der Waals surface area (Å²) in [7, 11) is 0. The van der Waals surface area contributed by atoms with Crippen molar-refractivity contribution in [3.05, 3.63) is 18.2 Å². The maximum atomic E-state index is 5.52. The van der Waals surface area contributed by atoms with E-state index < -0.39 is 0 Å². The van der Waals surface area contributed by atoms with Crippen molar-refractivity contribution in [1.29, 1.82) is 0 Å². The molecule has 2 N–H and O–H groups in total. The lowest BCUT2D eigenvalue weighted by molar-refractivity contribution is 0.590. The van der Waals surface area contributed by atoms with Gasteiger partial charge in [0.25, 0.3) is 0 Å². The zero-order valence-electron chi connectivity index (χ0n) is 9.91. The summed E-state index contributed by atoms with van der Waals surface area (Å²) in [5, 5.41) is 10.2. The number of nitrogens with zero attached hydrogens (tertiary/aromatic N) is 5. The fourth-order valence-corrected chi connectivity index (χ4v) is 2.79. The van der Waals surface area contributed by atoms with Crippen molar-refractivity contribution >= 4 is 17.6 Å². The predicted molar refractivity (Wildman–Crippen MR) is 68.1 cm³/mol. The Morgan fingerprint density at radius 1 is 1.11 bits per heavy atom. The lowest BCUT2D eigenvalue weighted by Gasteiger charge is -2.05. The highest BCUT2D eigenvalue weighted by molar-refractivity contribution is 7.99. The largest absolute Gasteiger partial charge is 0.382 e. The van der Waals surface area contributed by atoms with Crippen molar-refractivity contribution in [3.8, 4) is 0 Å². The molecule has 2 aromatic rings. The lowest BCUT2D eigenvalue weighted by Crippen LogP contribution is -2.02. The van der Waals surface area contributed by atoms with Crippen molar-refractivity contribution in [2.45, 2.75) is 42.4 Å². The minimum atomic E-state index is 0.430. The third kappa shape index (κ3) is 2.31. The molecule has 18 heavy (non-hydrogen) atoms. The molecule has 0 saturated heterocycles. The summed E-state index contributed by atoms with van der Waals surface area (Å²) in [6.07, 6.45) is 7.88. The first-order chi connectivity index (χ1) is 8.83. The molecule has 0 amide bonds. The maximum absolute atomic E-state index is 5.52. The van der Waals surface area contributed by atoms with Crippen LogP contribution in [0.15, 0.2) is 22.6 Å². The van der Waals surface area contributed by atoms with E-state index in [2.05, 4.69) is 24.7 Å². The molecule has 0 radical (unpaired) electrons. The van der Waals surface area contributed by atoms with Crippen LogP contribution in [0.25, 0.3) is 0 Å². The monoisotopic (exact) mass is 262 g/mol. The summed E-state index contributed by atoms with van der Waals surface area (Å²) < 4.78 is 2.19. The molecule has 2 aromatic heterocycles. The highest BCUT2D eigenvalue weighted by Crippen LogP contribution is 2.26. The Bertz CT molecular complexity index is 535. The Labute approximate surface area is 109 Å². The first-order valence-corrected chi connectivity index (χ1v) is 6.82. The molecule has 0 unspecified atom stereocenters. The van der Waals surface area contributed by atoms with Crippen molar-refractivity contribution in [2.24, 2.45) is 0 Å². The minimum absolute atomic E-state index is 0.430. The van der Waals surface area contributed by atoms with Crippen LogP contribution in [-0.4, -0.2) is 24.7 Å². The van der Waals surface area contributed by atoms with Crippen LogP contribution in [0.1, 0.15) is 25.1 Å². The van der Waals surface area contributed by atoms with Crippen LogP contribution in [-0.2, 0) is 13.0 Å². The van der Waals surface area contributed by atoms with Crippen molar-refractivity contribution in [3.63, 3.8) is 0 Å². The van der Waals surface area contributed by atoms with Gasteiger partial charge in [-0.05, 0) is 24.6 Å². The molecule has 0 spiro atoms. The lowest BCUT2D eigenvalue weighted by atomic mass is 10.2. The van der Waals surface area contributed by atoms with Gasteiger partial charge in [0.05, 0.1) is 12.4 Å². The Kier molecular flexibility index (Phi) is 3.14. The number of nitrogen functional groups attached to an aromatic ring is 1. The molecular formula is C11H14N6S. The third-order valence-corrected chi connectivity index (χ3v) is 3.82. The number of aryl methyl sites for hydroxylation is 1. The highest BCUT2D eigenvalue weighted by atomic mass is 32.2. The Balaban J connectivity index is 1.84. The van der Waals surface area contributed by atoms with Gasteiger partial charge in [0, 0.05) is 13.0 Å². The first-order valence-electron chi connectivity index (χ1n) is 6.00. The number of fused-ring (bicyclic) bond motifs is 1. The minimum Gasteiger partial charge on any atom is -0.382 e. The van der Waals surface area contributed by atoms with Crippen LogP contribution in [0.5, 0.6) is 0 Å². The second kappa shape index (κ2) is 4.93. The van der Waals surface area contributed by atoms with Crippen LogP contribution in [0.2, 0.25) is 0 Å². The Morgan fingerprint density at radius 3 is 2.89 bits per heavy atom. The number of hydrogen-bond donors (Lipinski definition) is 1. The molecule has 0 fully saturated rings. The van der Waals surface area contributed by atoms with Gasteiger partial charge < -0.3 is 10.3 Å². The summed E-state index contributed by atoms with van der Waals surface area (Å²) in [6.45, 7) is 0.993. The highest BCUT2D eigenvalue weighted by Gasteiger charge is 2.15. The Hall–Kier alpha value is -1.63. The average molecular weight is 262 g/mol. The fourth-order valence-electron chi connectivity index (χ4n) is 2.01. The van der Waals surface area contributed by atoms with Crippen molar-refractivity contribution in [2.75, 3.05) is 5.73 Å². The molecule has 1 aliphatic heterocycles. The number of hydrogen-bond acceptors (Lipinski definition) is 6. The van der Waals surface area contributed by atoms with Gasteiger partial charge >= 0.3 is 0 Å². The number of rotatable bonds is 2. The number of anilines is 1. The van der Waals surface area contributed by atoms with Gasteiger partial charge in [-0.1, -0.05) is 6.42 Å². The molecule has 0 aromatic carbocycles. The molecule has 0 aliphatic carbocycles. The van der Waals surface area contributed by atoms with E-state index in [1.54, 1.807) is 12.4 Å². The van der Waals surface area contributed by atoms with Crippen LogP contribution in [0.3, 0.4) is 0 Å². The molecule has 0 bridgehead atoms. The molecule has 3 rings (SSSR count). The van der Waals surface area contributed by atoms with Crippen LogP contribution in [0, 0.1) is 0 Å². The van der Waals surface area contributed by atoms with Crippen molar-refractivity contribution < 1.29 is 0 Å². The van der Waals surface area contributed by atoms with E-state index in [1.807, 2.05) is 0 Å². The van der Waals surface area contributed by atoms with Gasteiger partial charge in [-0.25, -0.2) is 9.97 Å². The zero-order chi connectivity index (χ0) is 12.4. The van der Waals surface area contributed by atoms with Gasteiger partial charge in [-0.3, -0.25) is 0 Å². The molecule has 6 nitrogen and oxygen atoms in total. The zero-order valence-corrected chi connectivity index (χ0v) is 10.7. The standard InChI is InChI=1S/C11H14N6S/c12-8-6-14-10(7-13-8)18-11-16-15-9-4-2-1-3-5-17(9)11/h6-7H,1-5H2,(H2,12,13). The van der Waals surface area contributed by atoms with Gasteiger partial charge in [-0.2, -0.15) is 0 Å². The van der Waals surface area contributed by atoms with E-state index in [1.165, 1.54) is 31.0 Å². The van der Waals surface area contributed by atoms with E-state index in [9.17, 15) is 0 Å². The Morgan fingerprint density at radius 2 is 2.06 bits per heavy atom. The molecule has 0 saturated carbocycles. The summed E-state index contributed by atoms with van der Waals surface area (Å²) in [6, 6.07) is 0. The number of nitrogens with two attached hydrogens (primary N) is 1. The van der Waals surface area contributed by atoms with Crippen LogP contribution >= 0.6 is 11.8 Å². The molecule has 1 aliphatic rings. The van der Waals surface area contributed by atoms with Crippen LogP contribution < -0.4 is 5.73 Å². The summed E-state index contributed by atoms with van der Waals surface area (Å²) in [4.78, 5) is 8.25. The summed E-state index contributed by atoms with van der Waals surface area (Å²) in [5.41, 5.74) is 5.52. The van der Waals surface area contributed by atoms with Gasteiger partial charge in [0.15, 0.2) is 5.16 Å². The van der Waals surface area contributed by atoms with E-state index in [0.29, 0.717) is 5.82 Å². The SMILES string of the molecule is Nc1cnc(Sc2nnc3n2CCCCC3)cn1. The summed E-state index contributed by atoms with van der Waals surface area (Å²) in [5.74, 6) is 1.51. The summed E-state index contributed by atoms with van der Waals surface area (Å²) >= 11 is 1.49. The van der Waals surface area contributed by atoms with Gasteiger partial charge in [-0.15, -0.1) is 10.2 Å². The molecule has 94 valence electrons. The van der Waals surface area contributed by atoms with E-state index in [-0.39, 0.29) is 0 Å². The topological polar surface area (TPSA) is 82.5 Å². The predicted octanol–water partition coefficient (Wildman–Crippen LogP) is 1.53. The normalized spacial score (nSPS) is 15.1. The van der Waals surface area contributed by atoms with Crippen LogP contribution in [0.4, 0.5) is 5.82 Å². The first kappa shape index (κ1) is 11.5. The average Bonchev–Trinajstić information content (AvgIpc) is 2.62. The maximum Gasteiger partial charge on any atom is 0.197 e. The quantitative estimate of drug-likeness (QED) is 0.883. The van der Waals surface area contributed by atoms with Crippen molar-refractivity contribution in [1.82, 2.24) is 24.7 Å². The molecule has 3 heterocycles. The van der Waals surface area contributed by atoms with E-state index in [4.69, 9.17) is 5.73 Å². The molecule has 0 atom stereocenters. The molecular weight excluding hydrogens is 248 g/mol. The second-order valence-corrected chi connectivity index (χ2v) is 5.23. The van der Waals surface area contributed by atoms with Gasteiger partial charge in [0.2, 0.25) is 0 Å². The van der Waals surface area contributed by atoms with E-state index >= 15 is 0 Å². The van der Waals surface area contributed by atoms with Gasteiger partial charge in [0.1, 0.15) is 16.7 Å². The van der Waals surface area contributed by atoms with E-state index in [0.717, 1.165) is 29.0 Å². The third-order valence-electron chi connectivity index (χ3n) is 2.92.